The van der Waals surface area contributed by atoms with Crippen LogP contribution in [0.5, 0.6) is 0 Å². The predicted octanol–water partition coefficient (Wildman–Crippen LogP) is 2.94. The average molecular weight is 247 g/mol. The summed E-state index contributed by atoms with van der Waals surface area (Å²) in [6.45, 7) is 5.66. The zero-order chi connectivity index (χ0) is 13.0. The van der Waals surface area contributed by atoms with Crippen LogP contribution < -0.4 is 5.32 Å². The number of hydrogen-bond acceptors (Lipinski definition) is 2. The fraction of sp³-hybridized carbons (Fsp3) is 0.625. The number of aliphatic hydroxyl groups excluding tert-OH is 1. The van der Waals surface area contributed by atoms with E-state index in [2.05, 4.69) is 37.4 Å². The fourth-order valence-corrected chi connectivity index (χ4v) is 2.85. The van der Waals surface area contributed by atoms with Gasteiger partial charge in [0.1, 0.15) is 0 Å². The van der Waals surface area contributed by atoms with E-state index in [9.17, 15) is 0 Å². The van der Waals surface area contributed by atoms with Crippen molar-refractivity contribution in [1.82, 2.24) is 5.32 Å². The molecule has 0 radical (unpaired) electrons. The summed E-state index contributed by atoms with van der Waals surface area (Å²) in [5, 5.41) is 12.8. The fourth-order valence-electron chi connectivity index (χ4n) is 2.85. The number of aliphatic hydroxyl groups is 1. The first-order valence-corrected chi connectivity index (χ1v) is 7.09. The summed E-state index contributed by atoms with van der Waals surface area (Å²) >= 11 is 0. The highest BCUT2D eigenvalue weighted by molar-refractivity contribution is 5.30. The second kappa shape index (κ2) is 6.35. The Hall–Kier alpha value is -0.860. The van der Waals surface area contributed by atoms with Gasteiger partial charge in [-0.3, -0.25) is 0 Å². The van der Waals surface area contributed by atoms with Gasteiger partial charge in [0.05, 0.1) is 0 Å². The molecule has 0 saturated heterocycles. The second-order valence-corrected chi connectivity index (χ2v) is 5.71. The molecule has 2 heteroatoms. The van der Waals surface area contributed by atoms with Crippen molar-refractivity contribution in [2.75, 3.05) is 6.61 Å². The molecule has 0 aliphatic heterocycles. The first-order valence-electron chi connectivity index (χ1n) is 7.09. The first-order chi connectivity index (χ1) is 8.69. The van der Waals surface area contributed by atoms with Crippen molar-refractivity contribution < 1.29 is 5.11 Å². The zero-order valence-corrected chi connectivity index (χ0v) is 11.6. The van der Waals surface area contributed by atoms with Gasteiger partial charge >= 0.3 is 0 Å². The van der Waals surface area contributed by atoms with Crippen LogP contribution in [0.3, 0.4) is 0 Å². The molecule has 0 bridgehead atoms. The van der Waals surface area contributed by atoms with Crippen LogP contribution in [0.15, 0.2) is 18.2 Å². The smallest absolute Gasteiger partial charge is 0.0459 e. The third-order valence-electron chi connectivity index (χ3n) is 4.18. The van der Waals surface area contributed by atoms with Crippen LogP contribution in [0.25, 0.3) is 0 Å². The third kappa shape index (κ3) is 3.56. The minimum atomic E-state index is 0.365. The number of aryl methyl sites for hydroxylation is 2. The first kappa shape index (κ1) is 13.6. The normalized spacial score (nSPS) is 24.2. The van der Waals surface area contributed by atoms with Gasteiger partial charge in [-0.15, -0.1) is 0 Å². The van der Waals surface area contributed by atoms with Crippen molar-refractivity contribution in [1.29, 1.82) is 0 Å². The van der Waals surface area contributed by atoms with Gasteiger partial charge in [0.15, 0.2) is 0 Å². The van der Waals surface area contributed by atoms with E-state index in [0.717, 1.165) is 6.54 Å². The molecule has 1 aliphatic carbocycles. The Morgan fingerprint density at radius 1 is 1.17 bits per heavy atom. The highest BCUT2D eigenvalue weighted by atomic mass is 16.3. The van der Waals surface area contributed by atoms with Crippen LogP contribution >= 0.6 is 0 Å². The van der Waals surface area contributed by atoms with Crippen LogP contribution in [0.1, 0.15) is 42.4 Å². The summed E-state index contributed by atoms with van der Waals surface area (Å²) in [6, 6.07) is 7.30. The maximum Gasteiger partial charge on any atom is 0.0459 e. The van der Waals surface area contributed by atoms with Crippen molar-refractivity contribution in [2.45, 2.75) is 52.1 Å². The Labute approximate surface area is 110 Å². The number of rotatable bonds is 4. The van der Waals surface area contributed by atoms with Crippen molar-refractivity contribution in [2.24, 2.45) is 5.92 Å². The Morgan fingerprint density at radius 3 is 2.50 bits per heavy atom. The number of benzene rings is 1. The summed E-state index contributed by atoms with van der Waals surface area (Å²) in [4.78, 5) is 0. The predicted molar refractivity (Wildman–Crippen MR) is 75.6 cm³/mol. The van der Waals surface area contributed by atoms with Gasteiger partial charge in [0.2, 0.25) is 0 Å². The third-order valence-corrected chi connectivity index (χ3v) is 4.18. The quantitative estimate of drug-likeness (QED) is 0.857. The lowest BCUT2D eigenvalue weighted by molar-refractivity contribution is 0.175. The molecular weight excluding hydrogens is 222 g/mol. The van der Waals surface area contributed by atoms with Crippen LogP contribution in [-0.4, -0.2) is 17.8 Å². The van der Waals surface area contributed by atoms with Crippen LogP contribution in [0.4, 0.5) is 0 Å². The van der Waals surface area contributed by atoms with Gasteiger partial charge in [-0.2, -0.15) is 0 Å². The molecule has 0 atom stereocenters. The molecule has 0 unspecified atom stereocenters. The molecule has 2 nitrogen and oxygen atoms in total. The maximum absolute atomic E-state index is 9.13. The average Bonchev–Trinajstić information content (AvgIpc) is 2.38. The Bertz CT molecular complexity index is 381. The van der Waals surface area contributed by atoms with Crippen LogP contribution in [0, 0.1) is 19.8 Å². The van der Waals surface area contributed by atoms with E-state index in [1.165, 1.54) is 42.4 Å². The summed E-state index contributed by atoms with van der Waals surface area (Å²) in [5.74, 6) is 0.546. The monoisotopic (exact) mass is 247 g/mol. The van der Waals surface area contributed by atoms with E-state index in [1.54, 1.807) is 0 Å². The largest absolute Gasteiger partial charge is 0.396 e. The molecule has 0 amide bonds. The van der Waals surface area contributed by atoms with Crippen molar-refractivity contribution in [3.8, 4) is 0 Å². The maximum atomic E-state index is 9.13. The molecule has 100 valence electrons. The summed E-state index contributed by atoms with van der Waals surface area (Å²) < 4.78 is 0. The van der Waals surface area contributed by atoms with Crippen LogP contribution in [-0.2, 0) is 6.54 Å². The number of nitrogens with one attached hydrogen (secondary N) is 1. The topological polar surface area (TPSA) is 32.3 Å². The van der Waals surface area contributed by atoms with E-state index >= 15 is 0 Å². The van der Waals surface area contributed by atoms with Gasteiger partial charge in [-0.25, -0.2) is 0 Å². The Balaban J connectivity index is 1.81. The number of hydrogen-bond donors (Lipinski definition) is 2. The zero-order valence-electron chi connectivity index (χ0n) is 11.6. The molecule has 1 aromatic carbocycles. The molecule has 1 aliphatic rings. The molecular formula is C16H25NO. The lowest BCUT2D eigenvalue weighted by Crippen LogP contribution is -2.33. The molecule has 0 aromatic heterocycles. The van der Waals surface area contributed by atoms with E-state index in [0.29, 0.717) is 18.6 Å². The van der Waals surface area contributed by atoms with Gasteiger partial charge in [-0.1, -0.05) is 23.8 Å². The van der Waals surface area contributed by atoms with Crippen molar-refractivity contribution in [3.63, 3.8) is 0 Å². The van der Waals surface area contributed by atoms with Gasteiger partial charge < -0.3 is 10.4 Å². The van der Waals surface area contributed by atoms with Crippen molar-refractivity contribution >= 4 is 0 Å². The molecule has 2 rings (SSSR count). The lowest BCUT2D eigenvalue weighted by Gasteiger charge is -2.28. The molecule has 0 spiro atoms. The molecule has 0 heterocycles. The van der Waals surface area contributed by atoms with E-state index < -0.39 is 0 Å². The molecule has 18 heavy (non-hydrogen) atoms. The Kier molecular flexibility index (Phi) is 4.79. The summed E-state index contributed by atoms with van der Waals surface area (Å²) in [6.07, 6.45) is 4.74. The minimum absolute atomic E-state index is 0.365. The van der Waals surface area contributed by atoms with E-state index in [1.807, 2.05) is 0 Å². The van der Waals surface area contributed by atoms with Crippen molar-refractivity contribution in [3.05, 3.63) is 34.9 Å². The van der Waals surface area contributed by atoms with Crippen LogP contribution in [0.2, 0.25) is 0 Å². The van der Waals surface area contributed by atoms with Gasteiger partial charge in [0, 0.05) is 19.2 Å². The molecule has 1 aromatic rings. The lowest BCUT2D eigenvalue weighted by atomic mass is 9.86. The highest BCUT2D eigenvalue weighted by Gasteiger charge is 2.19. The van der Waals surface area contributed by atoms with E-state index in [4.69, 9.17) is 5.11 Å². The summed E-state index contributed by atoms with van der Waals surface area (Å²) in [5.41, 5.74) is 4.12. The second-order valence-electron chi connectivity index (χ2n) is 5.71. The minimum Gasteiger partial charge on any atom is -0.396 e. The molecule has 2 N–H and O–H groups in total. The standard InChI is InChI=1S/C16H25NO/c1-12-3-6-15(13(2)9-12)10-17-16-7-4-14(11-18)5-8-16/h3,6,9,14,16-18H,4-5,7-8,10-11H2,1-2H3. The molecule has 1 fully saturated rings. The van der Waals surface area contributed by atoms with E-state index in [-0.39, 0.29) is 0 Å². The highest BCUT2D eigenvalue weighted by Crippen LogP contribution is 2.24. The Morgan fingerprint density at radius 2 is 1.89 bits per heavy atom. The SMILES string of the molecule is Cc1ccc(CNC2CCC(CO)CC2)c(C)c1. The van der Waals surface area contributed by atoms with Gasteiger partial charge in [0.25, 0.3) is 0 Å². The molecule has 1 saturated carbocycles. The van der Waals surface area contributed by atoms with Gasteiger partial charge in [-0.05, 0) is 56.6 Å². The summed E-state index contributed by atoms with van der Waals surface area (Å²) in [7, 11) is 0.